The molecule has 622 valence electrons. The number of aromatic nitrogens is 2. The highest BCUT2D eigenvalue weighted by molar-refractivity contribution is 6.02. The lowest BCUT2D eigenvalue weighted by Gasteiger charge is -2.34. The molecular formula is C71H111N19O22. The van der Waals surface area contributed by atoms with Crippen LogP contribution in [0.1, 0.15) is 149 Å². The number of hydrogen-bond donors (Lipinski definition) is 17. The number of imidazole rings is 1. The van der Waals surface area contributed by atoms with Crippen molar-refractivity contribution in [2.45, 2.75) is 241 Å². The normalized spacial score (nSPS) is 22.0. The minimum Gasteiger partial charge on any atom is -0.481 e. The number of nitrogens with two attached hydrogens (primary N) is 2. The molecule has 41 nitrogen and oxygen atoms in total. The first-order valence-electron chi connectivity index (χ1n) is 38.4. The van der Waals surface area contributed by atoms with Crippen LogP contribution in [-0.4, -0.2) is 328 Å². The van der Waals surface area contributed by atoms with Gasteiger partial charge in [-0.15, -0.1) is 0 Å². The number of primary amides is 1. The van der Waals surface area contributed by atoms with E-state index in [2.05, 4.69) is 57.8 Å². The fraction of sp³-hybridized carbons (Fsp3) is 0.718. The topological polar surface area (TPSA) is 600 Å². The highest BCUT2D eigenvalue weighted by atomic mass is 16.4. The number of H-pyrrole nitrogens is 1. The number of carboxylic acids is 1. The fourth-order valence-corrected chi connectivity index (χ4v) is 15.3. The van der Waals surface area contributed by atoms with Crippen LogP contribution in [0.4, 0.5) is 0 Å². The number of carbonyl (C=O) groups excluding carboxylic acids is 16. The van der Waals surface area contributed by atoms with E-state index in [9.17, 15) is 107 Å². The van der Waals surface area contributed by atoms with Gasteiger partial charge in [-0.3, -0.25) is 81.5 Å². The van der Waals surface area contributed by atoms with Gasteiger partial charge in [-0.2, -0.15) is 0 Å². The van der Waals surface area contributed by atoms with Gasteiger partial charge in [-0.25, -0.2) is 4.98 Å². The summed E-state index contributed by atoms with van der Waals surface area (Å²) in [5.74, 6) is -15.4. The zero-order valence-corrected chi connectivity index (χ0v) is 63.9. The van der Waals surface area contributed by atoms with Crippen molar-refractivity contribution in [2.24, 2.45) is 23.3 Å². The Kier molecular flexibility index (Phi) is 33.5. The van der Waals surface area contributed by atoms with Gasteiger partial charge in [-0.1, -0.05) is 27.7 Å². The van der Waals surface area contributed by atoms with E-state index < -0.39 is 230 Å². The van der Waals surface area contributed by atoms with Gasteiger partial charge in [0.1, 0.15) is 90.6 Å². The number of carbonyl (C=O) groups is 17. The molecule has 19 N–H and O–H groups in total. The first kappa shape index (κ1) is 89.2. The summed E-state index contributed by atoms with van der Waals surface area (Å²) < 4.78 is 0. The van der Waals surface area contributed by atoms with Crippen LogP contribution < -0.4 is 59.3 Å². The second-order valence-electron chi connectivity index (χ2n) is 30.0. The third-order valence-corrected chi connectivity index (χ3v) is 21.1. The van der Waals surface area contributed by atoms with Gasteiger partial charge in [0.2, 0.25) is 94.5 Å². The van der Waals surface area contributed by atoms with Crippen molar-refractivity contribution in [1.29, 1.82) is 0 Å². The molecule has 6 aliphatic rings. The van der Waals surface area contributed by atoms with Crippen molar-refractivity contribution in [3.63, 3.8) is 0 Å². The summed E-state index contributed by atoms with van der Waals surface area (Å²) in [7, 11) is 0. The number of amides is 16. The molecule has 7 heterocycles. The Morgan fingerprint density at radius 2 is 0.821 bits per heavy atom. The molecule has 0 spiro atoms. The number of unbranched alkanes of at least 4 members (excludes halogenated alkanes) is 1. The minimum atomic E-state index is -1.73. The first-order valence-corrected chi connectivity index (χ1v) is 38.4. The first-order chi connectivity index (χ1) is 53.3. The maximum atomic E-state index is 14.8. The maximum absolute atomic E-state index is 14.8. The Hall–Kier alpha value is -10.0. The fourth-order valence-electron chi connectivity index (χ4n) is 15.3. The molecule has 1 aromatic rings. The van der Waals surface area contributed by atoms with E-state index in [1.807, 2.05) is 0 Å². The smallest absolute Gasteiger partial charge is 0.305 e. The molecule has 0 unspecified atom stereocenters. The second kappa shape index (κ2) is 42.0. The summed E-state index contributed by atoms with van der Waals surface area (Å²) in [5.41, 5.74) is 11.9. The lowest BCUT2D eigenvalue weighted by atomic mass is 9.99. The lowest BCUT2D eigenvalue weighted by molar-refractivity contribution is -0.150. The number of aliphatic hydroxyl groups is 4. The number of aliphatic hydroxyl groups excluding tert-OH is 4. The predicted molar refractivity (Wildman–Crippen MR) is 391 cm³/mol. The predicted octanol–water partition coefficient (Wildman–Crippen LogP) is -7.96. The summed E-state index contributed by atoms with van der Waals surface area (Å²) in [6, 6.07) is -20.4. The third kappa shape index (κ3) is 23.1. The zero-order valence-electron chi connectivity index (χ0n) is 63.9. The monoisotopic (exact) mass is 1580 g/mol. The summed E-state index contributed by atoms with van der Waals surface area (Å²) in [4.78, 5) is 248. The van der Waals surface area contributed by atoms with Crippen molar-refractivity contribution >= 4 is 100 Å². The number of aliphatic carboxylic acids is 1. The lowest BCUT2D eigenvalue weighted by Crippen LogP contribution is -2.62. The Bertz CT molecular complexity index is 3570. The molecule has 112 heavy (non-hydrogen) atoms. The molecule has 0 radical (unpaired) electrons. The summed E-state index contributed by atoms with van der Waals surface area (Å²) >= 11 is 0. The SMILES string of the molecule is CC(=O)N[C@@H](CO)C(=O)N[C@@H](CC(=O)O)C(=O)N1CCC[C@H]1C(=O)N1CCC[C@H]1C(=O)N[C@@H](CO)C(=O)N1CCC[C@H]1C(=O)N[C@@H](CO)C(=O)N[C@H](C(=O)N[C@@H](CC(C)C)C(=O)N1CCC[C@H]1C(=O)N[C@@H](CCCCN)C(=O)N1CCC[C@H]1C(=O)N1CCC[C@H]1C(=O)N[C@@H](CO)C(=O)N[C@@H](Cc1cnc[nH]1)C(N)=O)C(C)C. The van der Waals surface area contributed by atoms with Crippen molar-refractivity contribution in [3.8, 4) is 0 Å². The maximum Gasteiger partial charge on any atom is 0.305 e. The molecule has 16 amide bonds. The summed E-state index contributed by atoms with van der Waals surface area (Å²) in [6.45, 7) is 4.61. The number of nitrogens with zero attached hydrogens (tertiary/aromatic N) is 7. The van der Waals surface area contributed by atoms with E-state index in [0.29, 0.717) is 44.2 Å². The quantitative estimate of drug-likeness (QED) is 0.0272. The van der Waals surface area contributed by atoms with Crippen LogP contribution in [0.15, 0.2) is 12.5 Å². The van der Waals surface area contributed by atoms with Crippen LogP contribution in [0.5, 0.6) is 0 Å². The van der Waals surface area contributed by atoms with E-state index in [4.69, 9.17) is 11.5 Å². The molecule has 7 rings (SSSR count). The number of carboxylic acid groups (broad SMARTS) is 1. The van der Waals surface area contributed by atoms with E-state index in [0.717, 1.165) is 16.7 Å². The average Bonchev–Trinajstić information content (AvgIpc) is 1.64. The van der Waals surface area contributed by atoms with Crippen LogP contribution in [0, 0.1) is 11.8 Å². The Balaban J connectivity index is 0.945. The molecule has 0 saturated carbocycles. The molecule has 0 bridgehead atoms. The van der Waals surface area contributed by atoms with E-state index in [-0.39, 0.29) is 122 Å². The number of rotatable bonds is 39. The Labute approximate surface area is 647 Å². The van der Waals surface area contributed by atoms with Crippen LogP contribution in [0.25, 0.3) is 0 Å². The van der Waals surface area contributed by atoms with Crippen molar-refractivity contribution in [1.82, 2.24) is 87.2 Å². The molecular weight excluding hydrogens is 1470 g/mol. The number of aromatic amines is 1. The molecule has 6 aliphatic heterocycles. The van der Waals surface area contributed by atoms with Crippen molar-refractivity contribution < 1.29 is 107 Å². The summed E-state index contributed by atoms with van der Waals surface area (Å²) in [5, 5.41) is 73.1. The number of nitrogens with one attached hydrogen (secondary N) is 10. The Morgan fingerprint density at radius 3 is 1.22 bits per heavy atom. The highest BCUT2D eigenvalue weighted by Crippen LogP contribution is 2.30. The van der Waals surface area contributed by atoms with E-state index in [1.54, 1.807) is 27.7 Å². The largest absolute Gasteiger partial charge is 0.481 e. The zero-order chi connectivity index (χ0) is 82.4. The molecule has 15 atom stereocenters. The molecule has 0 aliphatic carbocycles. The standard InChI is InChI=1S/C71H111N19O22/c1-37(2)28-43(67(108)85-22-8-15-49(85)61(102)77-41(14-6-7-21-72)66(107)89-26-12-19-53(89)70(111)87-24-10-17-51(87)63(104)81-46(33-92)59(100)78-42(57(73)98)29-40-31-74-36-75-40)80-65(106)56(38(3)4)84-60(101)47(34-93)82-62(103)50-16-9-23-86(50)69(110)48(35-94)83-64(105)52-18-11-25-88(52)71(112)54-20-13-27-90(54)68(109)44(30-55(96)97)79-58(99)45(32-91)76-39(5)95/h31,36-38,41-54,56,91-94H,6-30,32-35,72H2,1-5H3,(H2,73,98)(H,74,75)(H,76,95)(H,77,102)(H,78,100)(H,79,99)(H,80,106)(H,81,104)(H,82,103)(H,83,105)(H,84,101)(H,96,97)/t41-,42-,43-,44-,45-,46-,47-,48-,49-,50-,51-,52-,53-,54-,56-/m0/s1. The minimum absolute atomic E-state index is 0.0200. The van der Waals surface area contributed by atoms with E-state index in [1.165, 1.54) is 32.1 Å². The van der Waals surface area contributed by atoms with Crippen LogP contribution in [0.3, 0.4) is 0 Å². The van der Waals surface area contributed by atoms with Crippen LogP contribution in [-0.2, 0) is 87.9 Å². The van der Waals surface area contributed by atoms with Gasteiger partial charge in [-0.05, 0) is 121 Å². The molecule has 6 fully saturated rings. The van der Waals surface area contributed by atoms with Crippen molar-refractivity contribution in [2.75, 3.05) is 72.2 Å². The molecule has 0 aromatic carbocycles. The van der Waals surface area contributed by atoms with Crippen molar-refractivity contribution in [3.05, 3.63) is 18.2 Å². The number of hydrogen-bond acceptors (Lipinski definition) is 23. The van der Waals surface area contributed by atoms with Gasteiger partial charge < -0.3 is 119 Å². The van der Waals surface area contributed by atoms with Gasteiger partial charge in [0, 0.05) is 64.5 Å². The number of likely N-dealkylation sites (tertiary alicyclic amines) is 6. The van der Waals surface area contributed by atoms with Gasteiger partial charge in [0.15, 0.2) is 0 Å². The van der Waals surface area contributed by atoms with Crippen LogP contribution >= 0.6 is 0 Å². The molecule has 6 saturated heterocycles. The third-order valence-electron chi connectivity index (χ3n) is 21.1. The van der Waals surface area contributed by atoms with Gasteiger partial charge in [0.05, 0.1) is 39.2 Å². The second-order valence-corrected chi connectivity index (χ2v) is 30.0. The molecule has 41 heteroatoms. The van der Waals surface area contributed by atoms with Gasteiger partial charge >= 0.3 is 5.97 Å². The highest BCUT2D eigenvalue weighted by Gasteiger charge is 2.49. The average molecular weight is 1580 g/mol. The Morgan fingerprint density at radius 1 is 0.455 bits per heavy atom. The van der Waals surface area contributed by atoms with Crippen LogP contribution in [0.2, 0.25) is 0 Å². The molecule has 1 aromatic heterocycles. The summed E-state index contributed by atoms with van der Waals surface area (Å²) in [6.07, 6.45) is 5.49. The van der Waals surface area contributed by atoms with Gasteiger partial charge in [0.25, 0.3) is 0 Å². The van der Waals surface area contributed by atoms with E-state index >= 15 is 0 Å².